The minimum Gasteiger partial charge on any atom is -0.411 e. The van der Waals surface area contributed by atoms with E-state index in [1.807, 2.05) is 30.5 Å². The van der Waals surface area contributed by atoms with E-state index in [0.29, 0.717) is 12.1 Å². The van der Waals surface area contributed by atoms with Crippen molar-refractivity contribution < 1.29 is 17.8 Å². The minimum atomic E-state index is -4.00. The van der Waals surface area contributed by atoms with Gasteiger partial charge >= 0.3 is 10.3 Å². The third-order valence-corrected chi connectivity index (χ3v) is 5.26. The van der Waals surface area contributed by atoms with E-state index in [2.05, 4.69) is 25.5 Å². The van der Waals surface area contributed by atoms with E-state index in [-0.39, 0.29) is 13.2 Å². The van der Waals surface area contributed by atoms with Gasteiger partial charge < -0.3 is 5.21 Å². The summed E-state index contributed by atoms with van der Waals surface area (Å²) in [5, 5.41) is 22.0. The molecule has 3 aromatic rings. The molecule has 2 aromatic heterocycles. The molecule has 1 aromatic carbocycles. The molecule has 0 radical (unpaired) electrons. The summed E-state index contributed by atoms with van der Waals surface area (Å²) in [6, 6.07) is 9.70. The number of benzene rings is 1. The van der Waals surface area contributed by atoms with Crippen LogP contribution in [0.3, 0.4) is 0 Å². The number of rotatable bonds is 6. The van der Waals surface area contributed by atoms with Crippen molar-refractivity contribution in [2.45, 2.75) is 19.4 Å². The van der Waals surface area contributed by atoms with Crippen molar-refractivity contribution >= 4 is 16.0 Å². The summed E-state index contributed by atoms with van der Waals surface area (Å²) in [5.41, 5.74) is 6.25. The molecule has 0 unspecified atom stereocenters. The van der Waals surface area contributed by atoms with Crippen LogP contribution in [0.15, 0.2) is 54.1 Å². The fraction of sp³-hybridized carbons (Fsp3) is 0.211. The van der Waals surface area contributed by atoms with Gasteiger partial charge in [-0.25, -0.2) is 5.14 Å². The van der Waals surface area contributed by atoms with Crippen LogP contribution in [0.5, 0.6) is 0 Å². The second-order valence-corrected chi connectivity index (χ2v) is 7.85. The summed E-state index contributed by atoms with van der Waals surface area (Å²) >= 11 is 0. The maximum absolute atomic E-state index is 11.0. The van der Waals surface area contributed by atoms with Gasteiger partial charge in [-0.2, -0.15) is 13.5 Å². The third kappa shape index (κ3) is 4.19. The third-order valence-electron chi connectivity index (χ3n) is 4.76. The van der Waals surface area contributed by atoms with Crippen LogP contribution < -0.4 is 5.14 Å². The summed E-state index contributed by atoms with van der Waals surface area (Å²) in [6.45, 7) is 0.108. The number of oxime groups is 1. The minimum absolute atomic E-state index is 0.115. The predicted molar refractivity (Wildman–Crippen MR) is 107 cm³/mol. The zero-order chi connectivity index (χ0) is 20.4. The second-order valence-electron chi connectivity index (χ2n) is 6.62. The Labute approximate surface area is 167 Å². The average Bonchev–Trinajstić information content (AvgIpc) is 3.31. The summed E-state index contributed by atoms with van der Waals surface area (Å²) in [5.74, 6) is 0. The zero-order valence-electron chi connectivity index (χ0n) is 15.4. The number of hydrogen-bond donors (Lipinski definition) is 2. The Morgan fingerprint density at radius 1 is 1.14 bits per heavy atom. The van der Waals surface area contributed by atoms with Gasteiger partial charge in [0, 0.05) is 35.3 Å². The topological polar surface area (TPSA) is 133 Å². The molecule has 29 heavy (non-hydrogen) atoms. The van der Waals surface area contributed by atoms with Gasteiger partial charge in [-0.05, 0) is 36.1 Å². The molecule has 0 atom stereocenters. The Morgan fingerprint density at radius 2 is 1.93 bits per heavy atom. The number of nitrogens with zero attached hydrogens (tertiary/aromatic N) is 4. The molecular formula is C19H19N5O4S. The van der Waals surface area contributed by atoms with Crippen LogP contribution in [0, 0.1) is 0 Å². The Bertz CT molecular complexity index is 1170. The molecule has 1 aliphatic rings. The van der Waals surface area contributed by atoms with E-state index in [0.717, 1.165) is 39.9 Å². The number of aromatic nitrogens is 3. The number of aryl methyl sites for hydroxylation is 1. The maximum Gasteiger partial charge on any atom is 0.333 e. The van der Waals surface area contributed by atoms with E-state index < -0.39 is 10.3 Å². The highest BCUT2D eigenvalue weighted by Gasteiger charge is 2.20. The van der Waals surface area contributed by atoms with Crippen molar-refractivity contribution in [2.75, 3.05) is 6.61 Å². The van der Waals surface area contributed by atoms with Crippen LogP contribution >= 0.6 is 0 Å². The van der Waals surface area contributed by atoms with Crippen molar-refractivity contribution in [3.63, 3.8) is 0 Å². The zero-order valence-corrected chi connectivity index (χ0v) is 16.2. The van der Waals surface area contributed by atoms with Gasteiger partial charge in [0.25, 0.3) is 0 Å². The lowest BCUT2D eigenvalue weighted by atomic mass is 9.98. The smallest absolute Gasteiger partial charge is 0.333 e. The van der Waals surface area contributed by atoms with Gasteiger partial charge in [0.1, 0.15) is 5.69 Å². The molecule has 9 nitrogen and oxygen atoms in total. The summed E-state index contributed by atoms with van der Waals surface area (Å²) in [6.07, 6.45) is 6.74. The van der Waals surface area contributed by atoms with Crippen LogP contribution in [-0.4, -0.2) is 40.7 Å². The number of pyridine rings is 1. The normalized spacial score (nSPS) is 15.0. The van der Waals surface area contributed by atoms with Gasteiger partial charge in [-0.15, -0.1) is 0 Å². The lowest BCUT2D eigenvalue weighted by Gasteiger charge is -2.06. The van der Waals surface area contributed by atoms with Gasteiger partial charge in [0.15, 0.2) is 0 Å². The molecule has 10 heteroatoms. The van der Waals surface area contributed by atoms with Crippen molar-refractivity contribution in [1.82, 2.24) is 14.8 Å². The monoisotopic (exact) mass is 413 g/mol. The molecule has 0 saturated carbocycles. The van der Waals surface area contributed by atoms with Gasteiger partial charge in [0.2, 0.25) is 0 Å². The van der Waals surface area contributed by atoms with Crippen molar-refractivity contribution in [3.05, 3.63) is 60.0 Å². The SMILES string of the molecule is NS(=O)(=O)OCCn1cc(-c2ccc3c(c2)CC/C3=N\O)c(-c2ccncc2)n1. The van der Waals surface area contributed by atoms with E-state index in [1.165, 1.54) is 0 Å². The van der Waals surface area contributed by atoms with Crippen molar-refractivity contribution in [1.29, 1.82) is 0 Å². The highest BCUT2D eigenvalue weighted by atomic mass is 32.2. The first-order valence-corrected chi connectivity index (χ1v) is 10.4. The molecule has 0 bridgehead atoms. The molecule has 0 fully saturated rings. The van der Waals surface area contributed by atoms with Crippen molar-refractivity contribution in [2.24, 2.45) is 10.3 Å². The molecule has 2 heterocycles. The summed E-state index contributed by atoms with van der Waals surface area (Å²) in [7, 11) is -4.00. The van der Waals surface area contributed by atoms with Gasteiger partial charge in [0.05, 0.1) is 18.9 Å². The second kappa shape index (κ2) is 7.74. The van der Waals surface area contributed by atoms with Crippen LogP contribution in [-0.2, 0) is 27.5 Å². The van der Waals surface area contributed by atoms with Gasteiger partial charge in [-0.3, -0.25) is 13.8 Å². The molecule has 4 rings (SSSR count). The van der Waals surface area contributed by atoms with E-state index in [1.54, 1.807) is 17.1 Å². The first-order valence-electron chi connectivity index (χ1n) is 8.94. The number of nitrogens with two attached hydrogens (primary N) is 1. The largest absolute Gasteiger partial charge is 0.411 e. The molecule has 0 amide bonds. The molecule has 0 spiro atoms. The Kier molecular flexibility index (Phi) is 5.14. The molecular weight excluding hydrogens is 394 g/mol. The standard InChI is InChI=1S/C19H19N5O4S/c20-29(26,27)28-10-9-24-12-17(19(22-24)13-5-7-21-8-6-13)15-1-3-16-14(11-15)2-4-18(16)23-25/h1,3,5-8,11-12,25H,2,4,9-10H2,(H2,20,26,27)/b23-18+. The number of hydrogen-bond acceptors (Lipinski definition) is 7. The summed E-state index contributed by atoms with van der Waals surface area (Å²) in [4.78, 5) is 4.05. The fourth-order valence-electron chi connectivity index (χ4n) is 3.46. The van der Waals surface area contributed by atoms with E-state index >= 15 is 0 Å². The number of fused-ring (bicyclic) bond motifs is 1. The lowest BCUT2D eigenvalue weighted by Crippen LogP contribution is -2.18. The fourth-order valence-corrected chi connectivity index (χ4v) is 3.77. The van der Waals surface area contributed by atoms with Crippen LogP contribution in [0.25, 0.3) is 22.4 Å². The van der Waals surface area contributed by atoms with E-state index in [9.17, 15) is 8.42 Å². The lowest BCUT2D eigenvalue weighted by molar-refractivity contribution is 0.295. The Balaban J connectivity index is 1.72. The predicted octanol–water partition coefficient (Wildman–Crippen LogP) is 1.96. The molecule has 0 aliphatic heterocycles. The molecule has 150 valence electrons. The van der Waals surface area contributed by atoms with E-state index in [4.69, 9.17) is 10.3 Å². The Morgan fingerprint density at radius 3 is 2.66 bits per heavy atom. The first-order chi connectivity index (χ1) is 13.9. The highest BCUT2D eigenvalue weighted by Crippen LogP contribution is 2.34. The first kappa shape index (κ1) is 19.2. The highest BCUT2D eigenvalue weighted by molar-refractivity contribution is 7.84. The molecule has 1 aliphatic carbocycles. The van der Waals surface area contributed by atoms with Crippen LogP contribution in [0.2, 0.25) is 0 Å². The van der Waals surface area contributed by atoms with Gasteiger partial charge in [-0.1, -0.05) is 23.4 Å². The summed E-state index contributed by atoms with van der Waals surface area (Å²) < 4.78 is 28.2. The van der Waals surface area contributed by atoms with Crippen LogP contribution in [0.1, 0.15) is 17.5 Å². The Hall–Kier alpha value is -3.08. The van der Waals surface area contributed by atoms with Crippen LogP contribution in [0.4, 0.5) is 0 Å². The quantitative estimate of drug-likeness (QED) is 0.469. The molecule has 3 N–H and O–H groups in total. The van der Waals surface area contributed by atoms with Crippen molar-refractivity contribution in [3.8, 4) is 22.4 Å². The average molecular weight is 413 g/mol. The maximum atomic E-state index is 11.0. The molecule has 0 saturated heterocycles.